The fourth-order valence-corrected chi connectivity index (χ4v) is 2.35. The van der Waals surface area contributed by atoms with Crippen LogP contribution in [0.1, 0.15) is 17.3 Å². The van der Waals surface area contributed by atoms with E-state index in [1.165, 1.54) is 4.90 Å². The van der Waals surface area contributed by atoms with E-state index in [0.29, 0.717) is 24.3 Å². The van der Waals surface area contributed by atoms with Crippen LogP contribution in [0.2, 0.25) is 0 Å². The van der Waals surface area contributed by atoms with E-state index < -0.39 is 0 Å². The van der Waals surface area contributed by atoms with Gasteiger partial charge in [-0.1, -0.05) is 0 Å². The molecule has 21 heavy (non-hydrogen) atoms. The van der Waals surface area contributed by atoms with E-state index in [-0.39, 0.29) is 17.7 Å². The topological polar surface area (TPSA) is 76.4 Å². The minimum absolute atomic E-state index is 0.0962. The van der Waals surface area contributed by atoms with Crippen molar-refractivity contribution in [2.24, 2.45) is 5.92 Å². The van der Waals surface area contributed by atoms with Crippen molar-refractivity contribution >= 4 is 23.2 Å². The van der Waals surface area contributed by atoms with Crippen LogP contribution >= 0.6 is 0 Å². The Balaban J connectivity index is 2.22. The fourth-order valence-electron chi connectivity index (χ4n) is 2.35. The molecule has 1 aliphatic rings. The number of benzene rings is 1. The van der Waals surface area contributed by atoms with Gasteiger partial charge in [0.2, 0.25) is 5.91 Å². The summed E-state index contributed by atoms with van der Waals surface area (Å²) in [6.07, 6.45) is 0. The Bertz CT molecular complexity index is 621. The largest absolute Gasteiger partial charge is 0.364 e. The number of fused-ring (bicyclic) bond motifs is 1. The number of amides is 2. The van der Waals surface area contributed by atoms with E-state index in [9.17, 15) is 9.59 Å². The normalized spacial score (nSPS) is 14.8. The second-order valence-electron chi connectivity index (χ2n) is 5.35. The minimum atomic E-state index is -0.220. The highest BCUT2D eigenvalue weighted by Gasteiger charge is 2.21. The molecule has 0 aromatic heterocycles. The summed E-state index contributed by atoms with van der Waals surface area (Å²) in [5.74, 6) is -0.481. The van der Waals surface area contributed by atoms with Crippen LogP contribution in [0.3, 0.4) is 0 Å². The number of carbonyl (C=O) groups is 2. The fraction of sp³-hybridized carbons (Fsp3) is 0.400. The molecule has 1 aromatic rings. The highest BCUT2D eigenvalue weighted by Crippen LogP contribution is 2.29. The molecule has 0 fully saturated rings. The lowest BCUT2D eigenvalue weighted by Gasteiger charge is -2.28. The summed E-state index contributed by atoms with van der Waals surface area (Å²) < 4.78 is 0. The summed E-state index contributed by atoms with van der Waals surface area (Å²) in [5, 5.41) is 11.6. The maximum Gasteiger partial charge on any atom is 0.253 e. The summed E-state index contributed by atoms with van der Waals surface area (Å²) in [4.78, 5) is 27.2. The molecule has 1 N–H and O–H groups in total. The average Bonchev–Trinajstić information content (AvgIpc) is 2.45. The lowest BCUT2D eigenvalue weighted by molar-refractivity contribution is -0.115. The van der Waals surface area contributed by atoms with Crippen molar-refractivity contribution in [3.8, 4) is 6.07 Å². The van der Waals surface area contributed by atoms with E-state index in [2.05, 4.69) is 11.4 Å². The lowest BCUT2D eigenvalue weighted by atomic mass is 10.1. The lowest BCUT2D eigenvalue weighted by Crippen LogP contribution is -2.36. The molecule has 6 nitrogen and oxygen atoms in total. The first-order valence-corrected chi connectivity index (χ1v) is 6.72. The van der Waals surface area contributed by atoms with Crippen molar-refractivity contribution in [2.75, 3.05) is 37.4 Å². The Labute approximate surface area is 123 Å². The SMILES string of the molecule is C[C@@H](C#N)CN(C)C(=O)c1ccc2c(c1)NC(=O)CN2C. The zero-order valence-electron chi connectivity index (χ0n) is 12.4. The number of carbonyl (C=O) groups excluding carboxylic acids is 2. The monoisotopic (exact) mass is 286 g/mol. The minimum Gasteiger partial charge on any atom is -0.364 e. The maximum absolute atomic E-state index is 12.3. The number of hydrogen-bond donors (Lipinski definition) is 1. The van der Waals surface area contributed by atoms with Gasteiger partial charge in [-0.25, -0.2) is 0 Å². The standard InChI is InChI=1S/C15H18N4O2/c1-10(7-16)8-19(3)15(21)11-4-5-13-12(6-11)17-14(20)9-18(13)2/h4-6,10H,8-9H2,1-3H3,(H,17,20)/t10-/m0/s1. The van der Waals surface area contributed by atoms with Crippen LogP contribution in [0.5, 0.6) is 0 Å². The first-order valence-electron chi connectivity index (χ1n) is 6.72. The Kier molecular flexibility index (Phi) is 4.13. The summed E-state index contributed by atoms with van der Waals surface area (Å²) in [6, 6.07) is 7.35. The second kappa shape index (κ2) is 5.83. The van der Waals surface area contributed by atoms with Crippen molar-refractivity contribution in [1.29, 1.82) is 5.26 Å². The molecule has 2 rings (SSSR count). The van der Waals surface area contributed by atoms with Crippen LogP contribution in [-0.4, -0.2) is 43.9 Å². The Morgan fingerprint density at radius 3 is 2.95 bits per heavy atom. The molecule has 0 bridgehead atoms. The van der Waals surface area contributed by atoms with Crippen molar-refractivity contribution in [2.45, 2.75) is 6.92 Å². The van der Waals surface area contributed by atoms with Crippen molar-refractivity contribution in [1.82, 2.24) is 4.90 Å². The number of rotatable bonds is 3. The van der Waals surface area contributed by atoms with Crippen LogP contribution in [0.4, 0.5) is 11.4 Å². The molecule has 1 aromatic carbocycles. The quantitative estimate of drug-likeness (QED) is 0.909. The number of nitrogens with zero attached hydrogens (tertiary/aromatic N) is 3. The predicted molar refractivity (Wildman–Crippen MR) is 80.1 cm³/mol. The molecule has 0 spiro atoms. The molecule has 0 saturated heterocycles. The first kappa shape index (κ1) is 14.9. The molecule has 0 radical (unpaired) electrons. The molecule has 1 heterocycles. The number of anilines is 2. The third kappa shape index (κ3) is 3.14. The van der Waals surface area contributed by atoms with Gasteiger partial charge in [-0.3, -0.25) is 9.59 Å². The van der Waals surface area contributed by atoms with E-state index in [4.69, 9.17) is 5.26 Å². The number of nitrogens with one attached hydrogen (secondary N) is 1. The molecule has 0 saturated carbocycles. The van der Waals surface area contributed by atoms with E-state index in [1.807, 2.05) is 18.0 Å². The van der Waals surface area contributed by atoms with Gasteiger partial charge in [-0.2, -0.15) is 5.26 Å². The Hall–Kier alpha value is -2.55. The van der Waals surface area contributed by atoms with Gasteiger partial charge in [0.05, 0.1) is 29.9 Å². The van der Waals surface area contributed by atoms with Gasteiger partial charge in [0.1, 0.15) is 0 Å². The predicted octanol–water partition coefficient (Wildman–Crippen LogP) is 1.31. The molecule has 2 amide bonds. The summed E-state index contributed by atoms with van der Waals surface area (Å²) in [5.41, 5.74) is 2.03. The van der Waals surface area contributed by atoms with Gasteiger partial charge < -0.3 is 15.1 Å². The van der Waals surface area contributed by atoms with Gasteiger partial charge in [-0.15, -0.1) is 0 Å². The number of hydrogen-bond acceptors (Lipinski definition) is 4. The van der Waals surface area contributed by atoms with Crippen LogP contribution in [0.15, 0.2) is 18.2 Å². The highest BCUT2D eigenvalue weighted by atomic mass is 16.2. The maximum atomic E-state index is 12.3. The van der Waals surface area contributed by atoms with Crippen molar-refractivity contribution < 1.29 is 9.59 Å². The number of likely N-dealkylation sites (N-methyl/N-ethyl adjacent to an activating group) is 1. The van der Waals surface area contributed by atoms with Crippen LogP contribution in [-0.2, 0) is 4.79 Å². The van der Waals surface area contributed by atoms with Crippen molar-refractivity contribution in [3.63, 3.8) is 0 Å². The number of nitriles is 1. The van der Waals surface area contributed by atoms with Gasteiger partial charge in [0.25, 0.3) is 5.91 Å². The molecule has 1 atom stereocenters. The van der Waals surface area contributed by atoms with Gasteiger partial charge in [0, 0.05) is 26.2 Å². The van der Waals surface area contributed by atoms with Crippen LogP contribution < -0.4 is 10.2 Å². The van der Waals surface area contributed by atoms with Crippen molar-refractivity contribution in [3.05, 3.63) is 23.8 Å². The molecule has 110 valence electrons. The molecule has 0 aliphatic carbocycles. The van der Waals surface area contributed by atoms with Crippen LogP contribution in [0, 0.1) is 17.2 Å². The summed E-state index contributed by atoms with van der Waals surface area (Å²) >= 11 is 0. The molecular formula is C15H18N4O2. The summed E-state index contributed by atoms with van der Waals surface area (Å²) in [6.45, 7) is 2.45. The average molecular weight is 286 g/mol. The Morgan fingerprint density at radius 1 is 1.57 bits per heavy atom. The zero-order chi connectivity index (χ0) is 15.6. The Morgan fingerprint density at radius 2 is 2.29 bits per heavy atom. The summed E-state index contributed by atoms with van der Waals surface area (Å²) in [7, 11) is 3.50. The molecule has 1 aliphatic heterocycles. The highest BCUT2D eigenvalue weighted by molar-refractivity contribution is 6.03. The third-order valence-electron chi connectivity index (χ3n) is 3.42. The van der Waals surface area contributed by atoms with Gasteiger partial charge >= 0.3 is 0 Å². The van der Waals surface area contributed by atoms with Crippen LogP contribution in [0.25, 0.3) is 0 Å². The molecular weight excluding hydrogens is 268 g/mol. The first-order chi connectivity index (χ1) is 9.92. The molecule has 6 heteroatoms. The zero-order valence-corrected chi connectivity index (χ0v) is 12.4. The smallest absolute Gasteiger partial charge is 0.253 e. The van der Waals surface area contributed by atoms with Gasteiger partial charge in [0.15, 0.2) is 0 Å². The second-order valence-corrected chi connectivity index (χ2v) is 5.35. The third-order valence-corrected chi connectivity index (χ3v) is 3.42. The van der Waals surface area contributed by atoms with E-state index in [0.717, 1.165) is 5.69 Å². The van der Waals surface area contributed by atoms with E-state index in [1.54, 1.807) is 26.1 Å². The molecule has 0 unspecified atom stereocenters. The van der Waals surface area contributed by atoms with Gasteiger partial charge in [-0.05, 0) is 25.1 Å². The van der Waals surface area contributed by atoms with E-state index >= 15 is 0 Å².